The molecule has 0 unspecified atom stereocenters. The molecule has 156 valence electrons. The SMILES string of the molecule is O=C(COc1ccc(OC(F)(F)F)cc1)N[C@@H]1C(=O)N2C(C(=O)O)=C(Cl)CS[C@H]12. The van der Waals surface area contributed by atoms with Crippen LogP contribution < -0.4 is 14.8 Å². The number of carbonyl (C=O) groups is 3. The molecule has 29 heavy (non-hydrogen) atoms. The predicted molar refractivity (Wildman–Crippen MR) is 94.2 cm³/mol. The van der Waals surface area contributed by atoms with E-state index in [-0.39, 0.29) is 22.2 Å². The first-order valence-corrected chi connectivity index (χ1v) is 9.34. The number of hydrogen-bond acceptors (Lipinski definition) is 6. The monoisotopic (exact) mass is 452 g/mol. The van der Waals surface area contributed by atoms with Gasteiger partial charge < -0.3 is 19.9 Å². The van der Waals surface area contributed by atoms with Crippen LogP contribution in [0.1, 0.15) is 0 Å². The summed E-state index contributed by atoms with van der Waals surface area (Å²) < 4.78 is 45.2. The summed E-state index contributed by atoms with van der Waals surface area (Å²) in [6, 6.07) is 3.49. The standard InChI is InChI=1S/C16H12ClF3N2O6S/c17-9-6-29-14-11(13(24)22(14)12(9)15(25)26)21-10(23)5-27-7-1-3-8(4-2-7)28-16(18,19)20/h1-4,11,14H,5-6H2,(H,21,23)(H,25,26)/t11-,14-/m1/s1. The fourth-order valence-electron chi connectivity index (χ4n) is 2.68. The van der Waals surface area contributed by atoms with Gasteiger partial charge in [0.1, 0.15) is 28.6 Å². The normalized spacial score (nSPS) is 21.2. The van der Waals surface area contributed by atoms with Gasteiger partial charge in [-0.25, -0.2) is 4.79 Å². The third-order valence-electron chi connectivity index (χ3n) is 3.87. The second kappa shape index (κ2) is 8.03. The Morgan fingerprint density at radius 2 is 1.90 bits per heavy atom. The van der Waals surface area contributed by atoms with E-state index in [2.05, 4.69) is 10.1 Å². The number of thioether (sulfide) groups is 1. The average Bonchev–Trinajstić information content (AvgIpc) is 2.63. The summed E-state index contributed by atoms with van der Waals surface area (Å²) >= 11 is 7.07. The summed E-state index contributed by atoms with van der Waals surface area (Å²) in [7, 11) is 0. The fraction of sp³-hybridized carbons (Fsp3) is 0.312. The van der Waals surface area contributed by atoms with E-state index in [0.717, 1.165) is 17.0 Å². The van der Waals surface area contributed by atoms with Gasteiger partial charge in [0, 0.05) is 5.75 Å². The van der Waals surface area contributed by atoms with E-state index in [9.17, 15) is 32.7 Å². The molecule has 0 aliphatic carbocycles. The number of amides is 2. The molecule has 0 saturated carbocycles. The summed E-state index contributed by atoms with van der Waals surface area (Å²) in [6.45, 7) is -0.497. The maximum absolute atomic E-state index is 12.2. The Bertz CT molecular complexity index is 876. The van der Waals surface area contributed by atoms with Crippen molar-refractivity contribution in [2.75, 3.05) is 12.4 Å². The number of carboxylic acid groups (broad SMARTS) is 1. The van der Waals surface area contributed by atoms with Crippen molar-refractivity contribution >= 4 is 41.1 Å². The van der Waals surface area contributed by atoms with Crippen molar-refractivity contribution in [3.8, 4) is 11.5 Å². The van der Waals surface area contributed by atoms with Crippen LogP contribution in [0.4, 0.5) is 13.2 Å². The van der Waals surface area contributed by atoms with Crippen LogP contribution in [0, 0.1) is 0 Å². The number of benzene rings is 1. The van der Waals surface area contributed by atoms with Gasteiger partial charge in [0.15, 0.2) is 6.61 Å². The molecule has 1 fully saturated rings. The first-order valence-electron chi connectivity index (χ1n) is 7.91. The molecule has 3 rings (SSSR count). The van der Waals surface area contributed by atoms with Gasteiger partial charge in [-0.2, -0.15) is 0 Å². The number of halogens is 4. The lowest BCUT2D eigenvalue weighted by atomic mass is 10.1. The summed E-state index contributed by atoms with van der Waals surface area (Å²) in [6.07, 6.45) is -4.82. The van der Waals surface area contributed by atoms with Gasteiger partial charge in [0.05, 0.1) is 5.03 Å². The summed E-state index contributed by atoms with van der Waals surface area (Å²) in [5.74, 6) is -2.74. The number of carboxylic acids is 1. The number of fused-ring (bicyclic) bond motifs is 1. The number of ether oxygens (including phenoxy) is 2. The molecule has 0 bridgehead atoms. The first kappa shape index (κ1) is 21.1. The molecule has 0 spiro atoms. The maximum Gasteiger partial charge on any atom is 0.573 e. The largest absolute Gasteiger partial charge is 0.573 e. The lowest BCUT2D eigenvalue weighted by Crippen LogP contribution is -2.70. The van der Waals surface area contributed by atoms with Crippen molar-refractivity contribution in [1.82, 2.24) is 10.2 Å². The minimum absolute atomic E-state index is 0.0400. The Morgan fingerprint density at radius 3 is 2.48 bits per heavy atom. The fourth-order valence-corrected chi connectivity index (χ4v) is 4.23. The van der Waals surface area contributed by atoms with Gasteiger partial charge in [0.25, 0.3) is 11.8 Å². The number of aliphatic carboxylic acids is 1. The van der Waals surface area contributed by atoms with Crippen LogP contribution in [0.25, 0.3) is 0 Å². The van der Waals surface area contributed by atoms with Gasteiger partial charge in [-0.15, -0.1) is 24.9 Å². The molecule has 13 heteroatoms. The number of hydrogen-bond donors (Lipinski definition) is 2. The molecular formula is C16H12ClF3N2O6S. The van der Waals surface area contributed by atoms with Crippen molar-refractivity contribution in [1.29, 1.82) is 0 Å². The molecule has 8 nitrogen and oxygen atoms in total. The van der Waals surface area contributed by atoms with E-state index < -0.39 is 47.9 Å². The Morgan fingerprint density at radius 1 is 1.28 bits per heavy atom. The van der Waals surface area contributed by atoms with Crippen LogP contribution in [0.5, 0.6) is 11.5 Å². The lowest BCUT2D eigenvalue weighted by molar-refractivity contribution is -0.274. The molecular weight excluding hydrogens is 441 g/mol. The van der Waals surface area contributed by atoms with Gasteiger partial charge in [-0.1, -0.05) is 11.6 Å². The molecule has 0 radical (unpaired) electrons. The van der Waals surface area contributed by atoms with Crippen molar-refractivity contribution in [3.63, 3.8) is 0 Å². The molecule has 1 aromatic carbocycles. The highest BCUT2D eigenvalue weighted by Crippen LogP contribution is 2.41. The zero-order valence-electron chi connectivity index (χ0n) is 14.2. The van der Waals surface area contributed by atoms with Crippen LogP contribution in [-0.2, 0) is 14.4 Å². The van der Waals surface area contributed by atoms with Gasteiger partial charge in [-0.05, 0) is 24.3 Å². The van der Waals surface area contributed by atoms with Gasteiger partial charge in [-0.3, -0.25) is 14.5 Å². The second-order valence-corrected chi connectivity index (χ2v) is 7.38. The molecule has 2 aliphatic heterocycles. The first-order chi connectivity index (χ1) is 13.6. The van der Waals surface area contributed by atoms with Crippen LogP contribution in [0.3, 0.4) is 0 Å². The number of β-lactam (4-membered cyclic amide) rings is 1. The number of nitrogens with one attached hydrogen (secondary N) is 1. The zero-order valence-corrected chi connectivity index (χ0v) is 15.8. The molecule has 2 aliphatic rings. The summed E-state index contributed by atoms with van der Waals surface area (Å²) in [5.41, 5.74) is -0.302. The van der Waals surface area contributed by atoms with E-state index in [1.807, 2.05) is 0 Å². The second-order valence-electron chi connectivity index (χ2n) is 5.82. The topological polar surface area (TPSA) is 105 Å². The molecule has 2 heterocycles. The maximum atomic E-state index is 12.2. The van der Waals surface area contributed by atoms with E-state index in [4.69, 9.17) is 16.3 Å². The Labute approximate surface area is 170 Å². The quantitative estimate of drug-likeness (QED) is 0.635. The highest BCUT2D eigenvalue weighted by molar-refractivity contribution is 8.00. The highest BCUT2D eigenvalue weighted by Gasteiger charge is 2.54. The van der Waals surface area contributed by atoms with Crippen molar-refractivity contribution in [2.45, 2.75) is 17.8 Å². The van der Waals surface area contributed by atoms with Crippen LogP contribution >= 0.6 is 23.4 Å². The van der Waals surface area contributed by atoms with E-state index in [0.29, 0.717) is 0 Å². The highest BCUT2D eigenvalue weighted by atomic mass is 35.5. The van der Waals surface area contributed by atoms with E-state index in [1.165, 1.54) is 23.9 Å². The molecule has 2 N–H and O–H groups in total. The van der Waals surface area contributed by atoms with Crippen molar-refractivity contribution in [2.24, 2.45) is 0 Å². The smallest absolute Gasteiger partial charge is 0.484 e. The van der Waals surface area contributed by atoms with Crippen LogP contribution in [0.2, 0.25) is 0 Å². The van der Waals surface area contributed by atoms with Crippen LogP contribution in [0.15, 0.2) is 35.0 Å². The number of nitrogens with zero attached hydrogens (tertiary/aromatic N) is 1. The molecule has 2 amide bonds. The average molecular weight is 453 g/mol. The Balaban J connectivity index is 1.52. The molecule has 2 atom stereocenters. The third-order valence-corrected chi connectivity index (χ3v) is 5.62. The Hall–Kier alpha value is -2.60. The van der Waals surface area contributed by atoms with E-state index >= 15 is 0 Å². The number of rotatable bonds is 6. The minimum Gasteiger partial charge on any atom is -0.484 e. The Kier molecular flexibility index (Phi) is 5.85. The van der Waals surface area contributed by atoms with Crippen LogP contribution in [-0.4, -0.2) is 57.9 Å². The van der Waals surface area contributed by atoms with Crippen molar-refractivity contribution in [3.05, 3.63) is 35.0 Å². The zero-order chi connectivity index (χ0) is 21.3. The number of carbonyl (C=O) groups excluding carboxylic acids is 2. The lowest BCUT2D eigenvalue weighted by Gasteiger charge is -2.48. The third kappa shape index (κ3) is 4.70. The number of alkyl halides is 3. The minimum atomic E-state index is -4.82. The molecule has 1 aromatic rings. The molecule has 1 saturated heterocycles. The predicted octanol–water partition coefficient (Wildman–Crippen LogP) is 1.90. The van der Waals surface area contributed by atoms with Gasteiger partial charge in [0.2, 0.25) is 0 Å². The molecule has 0 aromatic heterocycles. The summed E-state index contributed by atoms with van der Waals surface area (Å²) in [4.78, 5) is 36.5. The van der Waals surface area contributed by atoms with Crippen molar-refractivity contribution < 1.29 is 42.1 Å². The summed E-state index contributed by atoms with van der Waals surface area (Å²) in [5, 5.41) is 11.1. The van der Waals surface area contributed by atoms with E-state index in [1.54, 1.807) is 0 Å². The van der Waals surface area contributed by atoms with Gasteiger partial charge >= 0.3 is 12.3 Å².